The molecule has 1 atom stereocenters. The first-order chi connectivity index (χ1) is 13.5. The fourth-order valence-electron chi connectivity index (χ4n) is 2.24. The SMILES string of the molecule is CCCNC(=O)[C@H](C)NC(=O)CN(C)CC(=O)Nc1ccc(OC(F)(F)F)cc1. The highest BCUT2D eigenvalue weighted by atomic mass is 19.4. The highest BCUT2D eigenvalue weighted by molar-refractivity contribution is 5.93. The molecule has 11 heteroatoms. The minimum Gasteiger partial charge on any atom is -0.406 e. The van der Waals surface area contributed by atoms with Crippen LogP contribution in [0.5, 0.6) is 5.75 Å². The molecule has 0 aliphatic heterocycles. The summed E-state index contributed by atoms with van der Waals surface area (Å²) in [5, 5.41) is 7.71. The molecule has 0 unspecified atom stereocenters. The number of nitrogens with zero attached hydrogens (tertiary/aromatic N) is 1. The Morgan fingerprint density at radius 1 is 1.10 bits per heavy atom. The number of likely N-dealkylation sites (N-methyl/N-ethyl adjacent to an activating group) is 1. The summed E-state index contributed by atoms with van der Waals surface area (Å²) in [6.45, 7) is 3.74. The van der Waals surface area contributed by atoms with Gasteiger partial charge in [0.25, 0.3) is 0 Å². The molecule has 0 fully saturated rings. The molecule has 1 aromatic carbocycles. The Labute approximate surface area is 166 Å². The summed E-state index contributed by atoms with van der Waals surface area (Å²) < 4.78 is 40.1. The number of hydrogen-bond donors (Lipinski definition) is 3. The van der Waals surface area contributed by atoms with Crippen LogP contribution in [-0.4, -0.2) is 61.7 Å². The second-order valence-corrected chi connectivity index (χ2v) is 6.37. The molecule has 3 amide bonds. The molecule has 0 aliphatic carbocycles. The monoisotopic (exact) mass is 418 g/mol. The van der Waals surface area contributed by atoms with E-state index in [1.54, 1.807) is 14.0 Å². The van der Waals surface area contributed by atoms with Crippen LogP contribution in [0.25, 0.3) is 0 Å². The number of alkyl halides is 3. The average Bonchev–Trinajstić information content (AvgIpc) is 2.59. The van der Waals surface area contributed by atoms with E-state index in [4.69, 9.17) is 0 Å². The maximum atomic E-state index is 12.1. The third-order valence-corrected chi connectivity index (χ3v) is 3.52. The standard InChI is InChI=1S/C18H25F3N4O4/c1-4-9-22-17(28)12(2)23-15(26)10-25(3)11-16(27)24-13-5-7-14(8-6-13)29-18(19,20)21/h5-8,12H,4,9-11H2,1-3H3,(H,22,28)(H,23,26)(H,24,27)/t12-/m0/s1. The molecular weight excluding hydrogens is 393 g/mol. The van der Waals surface area contributed by atoms with Crippen molar-refractivity contribution in [3.05, 3.63) is 24.3 Å². The zero-order valence-electron chi connectivity index (χ0n) is 16.4. The van der Waals surface area contributed by atoms with Gasteiger partial charge in [0, 0.05) is 12.2 Å². The van der Waals surface area contributed by atoms with Gasteiger partial charge in [-0.3, -0.25) is 19.3 Å². The lowest BCUT2D eigenvalue weighted by Gasteiger charge is -2.18. The third-order valence-electron chi connectivity index (χ3n) is 3.52. The molecule has 29 heavy (non-hydrogen) atoms. The lowest BCUT2D eigenvalue weighted by molar-refractivity contribution is -0.274. The summed E-state index contributed by atoms with van der Waals surface area (Å²) in [7, 11) is 1.54. The summed E-state index contributed by atoms with van der Waals surface area (Å²) >= 11 is 0. The van der Waals surface area contributed by atoms with Crippen LogP contribution in [0.2, 0.25) is 0 Å². The van der Waals surface area contributed by atoms with Crippen LogP contribution in [-0.2, 0) is 14.4 Å². The van der Waals surface area contributed by atoms with Gasteiger partial charge in [-0.15, -0.1) is 13.2 Å². The van der Waals surface area contributed by atoms with E-state index in [0.29, 0.717) is 6.54 Å². The van der Waals surface area contributed by atoms with Gasteiger partial charge >= 0.3 is 6.36 Å². The van der Waals surface area contributed by atoms with E-state index in [0.717, 1.165) is 18.6 Å². The summed E-state index contributed by atoms with van der Waals surface area (Å²) in [4.78, 5) is 37.1. The number of carbonyl (C=O) groups is 3. The fourth-order valence-corrected chi connectivity index (χ4v) is 2.24. The van der Waals surface area contributed by atoms with Crippen LogP contribution in [0, 0.1) is 0 Å². The first-order valence-electron chi connectivity index (χ1n) is 8.91. The van der Waals surface area contributed by atoms with Gasteiger partial charge in [0.15, 0.2) is 0 Å². The highest BCUT2D eigenvalue weighted by Crippen LogP contribution is 2.23. The van der Waals surface area contributed by atoms with E-state index in [2.05, 4.69) is 20.7 Å². The predicted molar refractivity (Wildman–Crippen MR) is 100 cm³/mol. The number of nitrogens with one attached hydrogen (secondary N) is 3. The molecule has 0 aromatic heterocycles. The smallest absolute Gasteiger partial charge is 0.406 e. The Morgan fingerprint density at radius 2 is 1.69 bits per heavy atom. The quantitative estimate of drug-likeness (QED) is 0.535. The Hall–Kier alpha value is -2.82. The largest absolute Gasteiger partial charge is 0.573 e. The van der Waals surface area contributed by atoms with Crippen molar-refractivity contribution in [3.63, 3.8) is 0 Å². The van der Waals surface area contributed by atoms with Crippen LogP contribution >= 0.6 is 0 Å². The molecule has 0 spiro atoms. The minimum atomic E-state index is -4.79. The Balaban J connectivity index is 2.42. The molecule has 0 radical (unpaired) electrons. The molecule has 0 saturated heterocycles. The van der Waals surface area contributed by atoms with Crippen molar-refractivity contribution >= 4 is 23.4 Å². The topological polar surface area (TPSA) is 99.8 Å². The Kier molecular flexibility index (Phi) is 9.39. The van der Waals surface area contributed by atoms with Crippen molar-refractivity contribution in [2.75, 3.05) is 32.0 Å². The molecule has 162 valence electrons. The van der Waals surface area contributed by atoms with Crippen LogP contribution in [0.1, 0.15) is 20.3 Å². The van der Waals surface area contributed by atoms with E-state index >= 15 is 0 Å². The summed E-state index contributed by atoms with van der Waals surface area (Å²) in [6.07, 6.45) is -4.01. The van der Waals surface area contributed by atoms with Gasteiger partial charge in [0.05, 0.1) is 13.1 Å². The van der Waals surface area contributed by atoms with Crippen molar-refractivity contribution in [2.45, 2.75) is 32.7 Å². The van der Waals surface area contributed by atoms with Crippen LogP contribution < -0.4 is 20.7 Å². The molecular formula is C18H25F3N4O4. The Bertz CT molecular complexity index is 695. The number of carbonyl (C=O) groups excluding carboxylic acids is 3. The fraction of sp³-hybridized carbons (Fsp3) is 0.500. The first-order valence-corrected chi connectivity index (χ1v) is 8.91. The molecule has 0 saturated carbocycles. The summed E-state index contributed by atoms with van der Waals surface area (Å²) in [5.41, 5.74) is 0.281. The number of anilines is 1. The molecule has 0 bridgehead atoms. The van der Waals surface area contributed by atoms with E-state index in [-0.39, 0.29) is 24.7 Å². The molecule has 3 N–H and O–H groups in total. The zero-order chi connectivity index (χ0) is 22.0. The second kappa shape index (κ2) is 11.2. The average molecular weight is 418 g/mol. The molecule has 0 heterocycles. The maximum absolute atomic E-state index is 12.1. The molecule has 0 aliphatic rings. The summed E-state index contributed by atoms with van der Waals surface area (Å²) in [5.74, 6) is -1.58. The lowest BCUT2D eigenvalue weighted by Crippen LogP contribution is -2.48. The minimum absolute atomic E-state index is 0.114. The van der Waals surface area contributed by atoms with Crippen molar-refractivity contribution < 1.29 is 32.3 Å². The number of hydrogen-bond acceptors (Lipinski definition) is 5. The zero-order valence-corrected chi connectivity index (χ0v) is 16.4. The van der Waals surface area contributed by atoms with Crippen molar-refractivity contribution in [3.8, 4) is 5.75 Å². The van der Waals surface area contributed by atoms with E-state index in [9.17, 15) is 27.6 Å². The number of benzene rings is 1. The van der Waals surface area contributed by atoms with Crippen molar-refractivity contribution in [1.29, 1.82) is 0 Å². The van der Waals surface area contributed by atoms with Gasteiger partial charge in [-0.05, 0) is 44.7 Å². The first kappa shape index (κ1) is 24.2. The highest BCUT2D eigenvalue weighted by Gasteiger charge is 2.31. The van der Waals surface area contributed by atoms with Gasteiger partial charge in [-0.2, -0.15) is 0 Å². The van der Waals surface area contributed by atoms with Gasteiger partial charge in [0.1, 0.15) is 11.8 Å². The van der Waals surface area contributed by atoms with Gasteiger partial charge in [0.2, 0.25) is 17.7 Å². The van der Waals surface area contributed by atoms with E-state index in [1.807, 2.05) is 6.92 Å². The number of amides is 3. The predicted octanol–water partition coefficient (Wildman–Crippen LogP) is 1.49. The second-order valence-electron chi connectivity index (χ2n) is 6.37. The van der Waals surface area contributed by atoms with Gasteiger partial charge in [-0.1, -0.05) is 6.92 Å². The molecule has 1 aromatic rings. The van der Waals surface area contributed by atoms with Crippen molar-refractivity contribution in [2.24, 2.45) is 0 Å². The lowest BCUT2D eigenvalue weighted by atomic mass is 10.3. The van der Waals surface area contributed by atoms with Crippen LogP contribution in [0.15, 0.2) is 24.3 Å². The normalized spacial score (nSPS) is 12.2. The number of rotatable bonds is 10. The van der Waals surface area contributed by atoms with Gasteiger partial charge < -0.3 is 20.7 Å². The third kappa shape index (κ3) is 10.3. The molecule has 8 nitrogen and oxygen atoms in total. The molecule has 1 rings (SSSR count). The van der Waals surface area contributed by atoms with Crippen LogP contribution in [0.3, 0.4) is 0 Å². The maximum Gasteiger partial charge on any atom is 0.573 e. The van der Waals surface area contributed by atoms with E-state index in [1.165, 1.54) is 17.0 Å². The number of ether oxygens (including phenoxy) is 1. The van der Waals surface area contributed by atoms with E-state index < -0.39 is 30.0 Å². The van der Waals surface area contributed by atoms with Crippen molar-refractivity contribution in [1.82, 2.24) is 15.5 Å². The Morgan fingerprint density at radius 3 is 2.24 bits per heavy atom. The van der Waals surface area contributed by atoms with Crippen LogP contribution in [0.4, 0.5) is 18.9 Å². The summed E-state index contributed by atoms with van der Waals surface area (Å²) in [6, 6.07) is 3.98. The number of halogens is 3. The van der Waals surface area contributed by atoms with Gasteiger partial charge in [-0.25, -0.2) is 0 Å².